The lowest BCUT2D eigenvalue weighted by molar-refractivity contribution is -0.122. The molecule has 1 aromatic carbocycles. The number of aldehydes is 1. The van der Waals surface area contributed by atoms with E-state index in [1.54, 1.807) is 42.6 Å². The van der Waals surface area contributed by atoms with Crippen molar-refractivity contribution in [3.8, 4) is 0 Å². The van der Waals surface area contributed by atoms with Gasteiger partial charge in [0.25, 0.3) is 5.91 Å². The van der Waals surface area contributed by atoms with Crippen molar-refractivity contribution in [3.63, 3.8) is 0 Å². The lowest BCUT2D eigenvalue weighted by Gasteiger charge is -2.19. The van der Waals surface area contributed by atoms with Gasteiger partial charge in [0, 0.05) is 49.7 Å². The van der Waals surface area contributed by atoms with Gasteiger partial charge in [-0.2, -0.15) is 0 Å². The van der Waals surface area contributed by atoms with Crippen LogP contribution in [0.5, 0.6) is 0 Å². The van der Waals surface area contributed by atoms with Gasteiger partial charge in [0.1, 0.15) is 12.1 Å². The fourth-order valence-electron chi connectivity index (χ4n) is 3.85. The van der Waals surface area contributed by atoms with Crippen LogP contribution in [-0.4, -0.2) is 40.7 Å². The number of aryl methyl sites for hydroxylation is 1. The summed E-state index contributed by atoms with van der Waals surface area (Å²) < 4.78 is 0. The number of pyridine rings is 1. The average Bonchev–Trinajstić information content (AvgIpc) is 2.97. The minimum atomic E-state index is -0.727. The highest BCUT2D eigenvalue weighted by Crippen LogP contribution is 2.19. The molecule has 3 rings (SSSR count). The quantitative estimate of drug-likeness (QED) is 0.445. The van der Waals surface area contributed by atoms with Gasteiger partial charge >= 0.3 is 0 Å². The van der Waals surface area contributed by atoms with Crippen molar-refractivity contribution in [3.05, 3.63) is 65.0 Å². The number of ketones is 2. The van der Waals surface area contributed by atoms with Crippen LogP contribution in [0, 0.1) is 0 Å². The van der Waals surface area contributed by atoms with Gasteiger partial charge < -0.3 is 15.4 Å². The molecule has 1 aliphatic rings. The molecule has 1 unspecified atom stereocenters. The molecule has 0 bridgehead atoms. The number of carbonyl (C=O) groups excluding carboxylic acids is 5. The minimum absolute atomic E-state index is 0.0165. The summed E-state index contributed by atoms with van der Waals surface area (Å²) in [5.41, 5.74) is 2.23. The Balaban J connectivity index is 1.76. The molecule has 8 heteroatoms. The van der Waals surface area contributed by atoms with Gasteiger partial charge in [-0.3, -0.25) is 24.2 Å². The molecule has 0 radical (unpaired) electrons. The van der Waals surface area contributed by atoms with Crippen molar-refractivity contribution in [1.82, 2.24) is 15.6 Å². The highest BCUT2D eigenvalue weighted by molar-refractivity contribution is 6.01. The predicted molar refractivity (Wildman–Crippen MR) is 120 cm³/mol. The third kappa shape index (κ3) is 6.90. The molecular formula is C25H27N3O5. The van der Waals surface area contributed by atoms with Gasteiger partial charge in [-0.05, 0) is 36.1 Å². The van der Waals surface area contributed by atoms with Crippen LogP contribution >= 0.6 is 0 Å². The van der Waals surface area contributed by atoms with Crippen LogP contribution in [-0.2, 0) is 38.6 Å². The monoisotopic (exact) mass is 449 g/mol. The maximum atomic E-state index is 13.2. The number of carbonyl (C=O) groups is 5. The van der Waals surface area contributed by atoms with E-state index in [-0.39, 0.29) is 62.5 Å². The number of Topliss-reactive ketones (excluding diaryl/α,β-unsaturated/α-hetero) is 2. The molecule has 0 aliphatic heterocycles. The third-order valence-corrected chi connectivity index (χ3v) is 5.60. The standard InChI is InChI=1S/C25H27N3O5/c29-14-4-7-17-5-3-6-18(16-27-23(32)15-19-8-1-2-13-26-19)24(17)25(33)28-21-11-9-20(30)10-12-22(21)31/h1-3,5-6,8,13-14,21H,4,7,9-12,15-16H2,(H,27,32)(H,28,33). The molecule has 0 saturated heterocycles. The molecule has 1 aliphatic carbocycles. The van der Waals surface area contributed by atoms with Crippen LogP contribution < -0.4 is 10.6 Å². The zero-order valence-electron chi connectivity index (χ0n) is 18.3. The summed E-state index contributed by atoms with van der Waals surface area (Å²) in [5, 5.41) is 5.59. The molecule has 172 valence electrons. The summed E-state index contributed by atoms with van der Waals surface area (Å²) in [5.74, 6) is -0.832. The van der Waals surface area contributed by atoms with Gasteiger partial charge in [-0.25, -0.2) is 0 Å². The molecule has 1 atom stereocenters. The first-order chi connectivity index (χ1) is 16.0. The Morgan fingerprint density at radius 2 is 1.85 bits per heavy atom. The Morgan fingerprint density at radius 3 is 2.61 bits per heavy atom. The van der Waals surface area contributed by atoms with Gasteiger partial charge in [0.2, 0.25) is 5.91 Å². The normalized spacial score (nSPS) is 16.1. The molecular weight excluding hydrogens is 422 g/mol. The Bertz CT molecular complexity index is 1040. The Labute approximate surface area is 192 Å². The van der Waals surface area contributed by atoms with E-state index in [0.717, 1.165) is 6.29 Å². The Morgan fingerprint density at radius 1 is 1.03 bits per heavy atom. The lowest BCUT2D eigenvalue weighted by atomic mass is 9.96. The van der Waals surface area contributed by atoms with E-state index in [1.165, 1.54) is 0 Å². The number of hydrogen-bond donors (Lipinski definition) is 2. The third-order valence-electron chi connectivity index (χ3n) is 5.60. The molecule has 1 aromatic heterocycles. The number of amides is 2. The lowest BCUT2D eigenvalue weighted by Crippen LogP contribution is -2.41. The predicted octanol–water partition coefficient (Wildman–Crippen LogP) is 1.88. The number of benzene rings is 1. The van der Waals surface area contributed by atoms with Gasteiger partial charge in [-0.1, -0.05) is 24.3 Å². The first-order valence-corrected chi connectivity index (χ1v) is 11.0. The van der Waals surface area contributed by atoms with Gasteiger partial charge in [-0.15, -0.1) is 0 Å². The SMILES string of the molecule is O=CCCc1cccc(CNC(=O)Cc2ccccn2)c1C(=O)NC1CCC(=O)CCC1=O. The van der Waals surface area contributed by atoms with E-state index in [0.29, 0.717) is 28.8 Å². The van der Waals surface area contributed by atoms with Crippen LogP contribution in [0.4, 0.5) is 0 Å². The van der Waals surface area contributed by atoms with Crippen molar-refractivity contribution in [2.45, 2.75) is 57.5 Å². The topological polar surface area (TPSA) is 122 Å². The van der Waals surface area contributed by atoms with Crippen LogP contribution in [0.2, 0.25) is 0 Å². The van der Waals surface area contributed by atoms with Crippen molar-refractivity contribution < 1.29 is 24.0 Å². The summed E-state index contributed by atoms with van der Waals surface area (Å²) in [6.07, 6.45) is 3.95. The van der Waals surface area contributed by atoms with Crippen LogP contribution in [0.15, 0.2) is 42.6 Å². The molecule has 0 spiro atoms. The molecule has 33 heavy (non-hydrogen) atoms. The van der Waals surface area contributed by atoms with E-state index in [9.17, 15) is 24.0 Å². The zero-order valence-corrected chi connectivity index (χ0v) is 18.3. The first kappa shape index (κ1) is 24.0. The van der Waals surface area contributed by atoms with E-state index in [4.69, 9.17) is 0 Å². The molecule has 2 N–H and O–H groups in total. The highest BCUT2D eigenvalue weighted by atomic mass is 16.2. The number of nitrogens with zero attached hydrogens (tertiary/aromatic N) is 1. The van der Waals surface area contributed by atoms with Crippen molar-refractivity contribution in [2.24, 2.45) is 0 Å². The molecule has 1 heterocycles. The number of hydrogen-bond acceptors (Lipinski definition) is 6. The maximum Gasteiger partial charge on any atom is 0.252 e. The second-order valence-corrected chi connectivity index (χ2v) is 8.00. The summed E-state index contributed by atoms with van der Waals surface area (Å²) in [6, 6.07) is 9.87. The zero-order chi connectivity index (χ0) is 23.6. The van der Waals surface area contributed by atoms with Crippen molar-refractivity contribution in [1.29, 1.82) is 0 Å². The summed E-state index contributed by atoms with van der Waals surface area (Å²) >= 11 is 0. The summed E-state index contributed by atoms with van der Waals surface area (Å²) in [6.45, 7) is 0.112. The number of nitrogens with one attached hydrogen (secondary N) is 2. The van der Waals surface area contributed by atoms with Gasteiger partial charge in [0.05, 0.1) is 12.5 Å². The van der Waals surface area contributed by atoms with E-state index in [1.807, 2.05) is 0 Å². The number of aromatic nitrogens is 1. The van der Waals surface area contributed by atoms with Crippen LogP contribution in [0.3, 0.4) is 0 Å². The number of rotatable bonds is 9. The molecule has 8 nitrogen and oxygen atoms in total. The molecule has 1 saturated carbocycles. The van der Waals surface area contributed by atoms with Crippen molar-refractivity contribution >= 4 is 29.7 Å². The molecule has 2 amide bonds. The van der Waals surface area contributed by atoms with E-state index >= 15 is 0 Å². The fraction of sp³-hybridized carbons (Fsp3) is 0.360. The average molecular weight is 450 g/mol. The summed E-state index contributed by atoms with van der Waals surface area (Å²) in [4.78, 5) is 64.7. The van der Waals surface area contributed by atoms with Crippen LogP contribution in [0.25, 0.3) is 0 Å². The maximum absolute atomic E-state index is 13.2. The van der Waals surface area contributed by atoms with Crippen molar-refractivity contribution in [2.75, 3.05) is 0 Å². The largest absolute Gasteiger partial charge is 0.352 e. The fourth-order valence-corrected chi connectivity index (χ4v) is 3.85. The van der Waals surface area contributed by atoms with E-state index in [2.05, 4.69) is 15.6 Å². The Kier molecular flexibility index (Phi) is 8.57. The second kappa shape index (κ2) is 11.8. The van der Waals surface area contributed by atoms with E-state index < -0.39 is 11.9 Å². The molecule has 1 fully saturated rings. The Hall–Kier alpha value is -3.68. The minimum Gasteiger partial charge on any atom is -0.352 e. The summed E-state index contributed by atoms with van der Waals surface area (Å²) in [7, 11) is 0. The second-order valence-electron chi connectivity index (χ2n) is 8.00. The first-order valence-electron chi connectivity index (χ1n) is 11.0. The van der Waals surface area contributed by atoms with Crippen LogP contribution in [0.1, 0.15) is 59.3 Å². The smallest absolute Gasteiger partial charge is 0.252 e. The van der Waals surface area contributed by atoms with Gasteiger partial charge in [0.15, 0.2) is 5.78 Å². The molecule has 2 aromatic rings. The highest BCUT2D eigenvalue weighted by Gasteiger charge is 2.27.